The van der Waals surface area contributed by atoms with Crippen molar-refractivity contribution in [1.29, 1.82) is 0 Å². The van der Waals surface area contributed by atoms with Crippen molar-refractivity contribution in [2.45, 2.75) is 23.7 Å². The number of rotatable bonds is 4. The van der Waals surface area contributed by atoms with E-state index in [1.807, 2.05) is 0 Å². The Balaban J connectivity index is 1.80. The fourth-order valence-electron chi connectivity index (χ4n) is 1.99. The summed E-state index contributed by atoms with van der Waals surface area (Å²) in [5.74, 6) is 0.0589. The lowest BCUT2D eigenvalue weighted by Crippen LogP contribution is -2.14. The molecule has 0 radical (unpaired) electrons. The second-order valence-corrected chi connectivity index (χ2v) is 6.15. The lowest BCUT2D eigenvalue weighted by molar-refractivity contribution is 0.102. The average molecular weight is 290 g/mol. The zero-order valence-electron chi connectivity index (χ0n) is 10.9. The number of nitrogens with one attached hydrogen (secondary N) is 2. The second-order valence-electron chi connectivity index (χ2n) is 4.77. The van der Waals surface area contributed by atoms with Gasteiger partial charge in [-0.25, -0.2) is 0 Å². The van der Waals surface area contributed by atoms with Gasteiger partial charge in [0.2, 0.25) is 0 Å². The summed E-state index contributed by atoms with van der Waals surface area (Å²) in [7, 11) is -1.08. The summed E-state index contributed by atoms with van der Waals surface area (Å²) in [5, 5.41) is 13.2. The molecular formula is C13H14N4O2S. The van der Waals surface area contributed by atoms with Crippen LogP contribution in [0.3, 0.4) is 0 Å². The number of hydrogen-bond donors (Lipinski definition) is 2. The minimum Gasteiger partial charge on any atom is -0.320 e. The summed E-state index contributed by atoms with van der Waals surface area (Å²) >= 11 is 0. The topological polar surface area (TPSA) is 87.7 Å². The first-order chi connectivity index (χ1) is 9.65. The largest absolute Gasteiger partial charge is 0.320 e. The number of hydrogen-bond acceptors (Lipinski definition) is 4. The molecule has 1 amide bonds. The highest BCUT2D eigenvalue weighted by Crippen LogP contribution is 2.40. The van der Waals surface area contributed by atoms with Gasteiger partial charge >= 0.3 is 0 Å². The Morgan fingerprint density at radius 3 is 2.90 bits per heavy atom. The van der Waals surface area contributed by atoms with Gasteiger partial charge in [0.25, 0.3) is 5.91 Å². The van der Waals surface area contributed by atoms with E-state index < -0.39 is 10.8 Å². The fraction of sp³-hybridized carbons (Fsp3) is 0.308. The summed E-state index contributed by atoms with van der Waals surface area (Å²) in [6.45, 7) is 0. The van der Waals surface area contributed by atoms with E-state index in [2.05, 4.69) is 20.7 Å². The Hall–Kier alpha value is -2.02. The fourth-order valence-corrected chi connectivity index (χ4v) is 2.55. The highest BCUT2D eigenvalue weighted by Gasteiger charge is 2.31. The molecule has 0 bridgehead atoms. The molecule has 20 heavy (non-hydrogen) atoms. The molecule has 1 atom stereocenters. The maximum Gasteiger partial charge on any atom is 0.278 e. The van der Waals surface area contributed by atoms with E-state index in [0.717, 1.165) is 18.5 Å². The molecule has 1 heterocycles. The molecule has 1 aromatic carbocycles. The molecule has 0 aliphatic heterocycles. The molecular weight excluding hydrogens is 276 g/mol. The van der Waals surface area contributed by atoms with Crippen LogP contribution in [0.2, 0.25) is 0 Å². The van der Waals surface area contributed by atoms with Crippen molar-refractivity contribution >= 4 is 22.4 Å². The van der Waals surface area contributed by atoms with Crippen LogP contribution in [0.4, 0.5) is 5.69 Å². The van der Waals surface area contributed by atoms with E-state index in [4.69, 9.17) is 0 Å². The van der Waals surface area contributed by atoms with Crippen LogP contribution in [0.5, 0.6) is 0 Å². The molecule has 0 spiro atoms. The number of benzene rings is 1. The Morgan fingerprint density at radius 1 is 1.40 bits per heavy atom. The van der Waals surface area contributed by atoms with Gasteiger partial charge in [0, 0.05) is 33.6 Å². The highest BCUT2D eigenvalue weighted by molar-refractivity contribution is 7.84. The van der Waals surface area contributed by atoms with Gasteiger partial charge in [-0.1, -0.05) is 6.07 Å². The van der Waals surface area contributed by atoms with Crippen LogP contribution in [0.1, 0.15) is 34.9 Å². The zero-order chi connectivity index (χ0) is 14.1. The molecule has 1 aliphatic carbocycles. The molecule has 3 rings (SSSR count). The first-order valence-corrected chi connectivity index (χ1v) is 7.86. The van der Waals surface area contributed by atoms with E-state index in [-0.39, 0.29) is 5.91 Å². The maximum atomic E-state index is 12.2. The Morgan fingerprint density at radius 2 is 2.20 bits per heavy atom. The van der Waals surface area contributed by atoms with Crippen molar-refractivity contribution in [2.75, 3.05) is 11.6 Å². The number of carbonyl (C=O) groups excluding carboxylic acids is 1. The van der Waals surface area contributed by atoms with E-state index in [0.29, 0.717) is 22.2 Å². The molecule has 1 saturated carbocycles. The first kappa shape index (κ1) is 13.0. The number of amides is 1. The second kappa shape index (κ2) is 5.16. The van der Waals surface area contributed by atoms with Gasteiger partial charge in [-0.2, -0.15) is 15.4 Å². The highest BCUT2D eigenvalue weighted by atomic mass is 32.2. The third-order valence-electron chi connectivity index (χ3n) is 3.18. The molecule has 2 aromatic rings. The predicted octanol–water partition coefficient (Wildman–Crippen LogP) is 1.67. The first-order valence-electron chi connectivity index (χ1n) is 6.30. The third-order valence-corrected chi connectivity index (χ3v) is 4.10. The van der Waals surface area contributed by atoms with E-state index in [1.54, 1.807) is 30.5 Å². The third kappa shape index (κ3) is 2.62. The monoisotopic (exact) mass is 290 g/mol. The Labute approximate surface area is 118 Å². The van der Waals surface area contributed by atoms with Crippen LogP contribution >= 0.6 is 0 Å². The van der Waals surface area contributed by atoms with Crippen molar-refractivity contribution in [3.05, 3.63) is 35.7 Å². The van der Waals surface area contributed by atoms with Crippen LogP contribution in [0.25, 0.3) is 0 Å². The molecule has 6 nitrogen and oxygen atoms in total. The van der Waals surface area contributed by atoms with Gasteiger partial charge in [-0.3, -0.25) is 9.00 Å². The number of aromatic nitrogens is 3. The summed E-state index contributed by atoms with van der Waals surface area (Å²) < 4.78 is 11.4. The minimum absolute atomic E-state index is 0.292. The molecule has 104 valence electrons. The van der Waals surface area contributed by atoms with Crippen molar-refractivity contribution in [3.8, 4) is 0 Å². The number of nitrogens with zero attached hydrogens (tertiary/aromatic N) is 2. The lowest BCUT2D eigenvalue weighted by atomic mass is 10.2. The van der Waals surface area contributed by atoms with Crippen LogP contribution in [0, 0.1) is 0 Å². The molecule has 1 unspecified atom stereocenters. The number of aromatic amines is 1. The maximum absolute atomic E-state index is 12.2. The van der Waals surface area contributed by atoms with E-state index >= 15 is 0 Å². The van der Waals surface area contributed by atoms with Gasteiger partial charge in [0.15, 0.2) is 5.69 Å². The van der Waals surface area contributed by atoms with E-state index in [1.165, 1.54) is 0 Å². The normalized spacial score (nSPS) is 15.8. The van der Waals surface area contributed by atoms with Crippen LogP contribution in [0.15, 0.2) is 29.2 Å². The number of carbonyl (C=O) groups is 1. The molecule has 1 aliphatic rings. The lowest BCUT2D eigenvalue weighted by Gasteiger charge is -2.05. The van der Waals surface area contributed by atoms with Crippen molar-refractivity contribution in [1.82, 2.24) is 15.4 Å². The van der Waals surface area contributed by atoms with Crippen LogP contribution in [-0.4, -0.2) is 31.8 Å². The predicted molar refractivity (Wildman–Crippen MR) is 75.1 cm³/mol. The SMILES string of the molecule is CS(=O)c1cccc(NC(=O)c2n[nH]nc2C2CC2)c1. The number of anilines is 1. The molecule has 1 aromatic heterocycles. The van der Waals surface area contributed by atoms with Gasteiger partial charge < -0.3 is 5.32 Å². The summed E-state index contributed by atoms with van der Waals surface area (Å²) in [5.41, 5.74) is 1.68. The van der Waals surface area contributed by atoms with E-state index in [9.17, 15) is 9.00 Å². The zero-order valence-corrected chi connectivity index (χ0v) is 11.7. The van der Waals surface area contributed by atoms with Gasteiger partial charge in [0.1, 0.15) is 0 Å². The van der Waals surface area contributed by atoms with Crippen molar-refractivity contribution in [3.63, 3.8) is 0 Å². The van der Waals surface area contributed by atoms with Gasteiger partial charge in [-0.05, 0) is 31.0 Å². The minimum atomic E-state index is -1.08. The van der Waals surface area contributed by atoms with Crippen LogP contribution < -0.4 is 5.32 Å². The Kier molecular flexibility index (Phi) is 3.35. The molecule has 7 heteroatoms. The number of H-pyrrole nitrogens is 1. The quantitative estimate of drug-likeness (QED) is 0.896. The molecule has 0 saturated heterocycles. The summed E-state index contributed by atoms with van der Waals surface area (Å²) in [4.78, 5) is 12.9. The van der Waals surface area contributed by atoms with Gasteiger partial charge in [0.05, 0.1) is 5.69 Å². The van der Waals surface area contributed by atoms with Crippen molar-refractivity contribution < 1.29 is 9.00 Å². The van der Waals surface area contributed by atoms with Gasteiger partial charge in [-0.15, -0.1) is 0 Å². The average Bonchev–Trinajstić information content (AvgIpc) is 3.16. The van der Waals surface area contributed by atoms with Crippen molar-refractivity contribution in [2.24, 2.45) is 0 Å². The smallest absolute Gasteiger partial charge is 0.278 e. The molecule has 2 N–H and O–H groups in total. The summed E-state index contributed by atoms with van der Waals surface area (Å²) in [6, 6.07) is 6.98. The summed E-state index contributed by atoms with van der Waals surface area (Å²) in [6.07, 6.45) is 3.71. The Bertz CT molecular complexity index is 679. The van der Waals surface area contributed by atoms with Crippen LogP contribution in [-0.2, 0) is 10.8 Å². The molecule has 1 fully saturated rings. The standard InChI is InChI=1S/C13H14N4O2S/c1-20(19)10-4-2-3-9(7-10)14-13(18)12-11(8-5-6-8)15-17-16-12/h2-4,7-8H,5-6H2,1H3,(H,14,18)(H,15,16,17).